The molecule has 266 valence electrons. The van der Waals surface area contributed by atoms with Gasteiger partial charge in [0.1, 0.15) is 6.61 Å². The monoisotopic (exact) mass is 660 g/mol. The maximum Gasteiger partial charge on any atom is 0.469 e. The maximum atomic E-state index is 12.3. The predicted octanol–water partition coefficient (Wildman–Crippen LogP) is 10.7. The van der Waals surface area contributed by atoms with Gasteiger partial charge in [-0.3, -0.25) is 14.1 Å². The first kappa shape index (κ1) is 43.8. The van der Waals surface area contributed by atoms with Crippen molar-refractivity contribution in [2.75, 3.05) is 13.2 Å². The van der Waals surface area contributed by atoms with Gasteiger partial charge in [0, 0.05) is 12.8 Å². The summed E-state index contributed by atoms with van der Waals surface area (Å²) < 4.78 is 26.2. The van der Waals surface area contributed by atoms with Crippen LogP contribution in [0.1, 0.15) is 187 Å². The van der Waals surface area contributed by atoms with E-state index in [9.17, 15) is 14.2 Å². The fraction of sp³-hybridized carbons (Fsp3) is 0.889. The van der Waals surface area contributed by atoms with Gasteiger partial charge in [-0.1, -0.05) is 148 Å². The van der Waals surface area contributed by atoms with E-state index < -0.39 is 32.5 Å². The lowest BCUT2D eigenvalue weighted by Gasteiger charge is -2.18. The van der Waals surface area contributed by atoms with Crippen LogP contribution in [0.3, 0.4) is 0 Å². The second-order valence-corrected chi connectivity index (χ2v) is 13.8. The first-order valence-electron chi connectivity index (χ1n) is 18.5. The normalized spacial score (nSPS) is 12.5. The molecule has 0 bridgehead atoms. The second kappa shape index (κ2) is 32.7. The lowest BCUT2D eigenvalue weighted by Crippen LogP contribution is -2.29. The maximum absolute atomic E-state index is 12.3. The van der Waals surface area contributed by atoms with Crippen molar-refractivity contribution >= 4 is 19.8 Å². The molecule has 0 saturated heterocycles. The third-order valence-corrected chi connectivity index (χ3v) is 8.52. The average molecular weight is 661 g/mol. The van der Waals surface area contributed by atoms with Crippen LogP contribution in [0, 0.1) is 0 Å². The minimum absolute atomic E-state index is 0.216. The van der Waals surface area contributed by atoms with Crippen LogP contribution in [-0.2, 0) is 28.2 Å². The molecule has 9 heteroatoms. The third-order valence-electron chi connectivity index (χ3n) is 8.03. The summed E-state index contributed by atoms with van der Waals surface area (Å²) in [6.45, 7) is 3.65. The van der Waals surface area contributed by atoms with Gasteiger partial charge < -0.3 is 19.3 Å². The van der Waals surface area contributed by atoms with Crippen LogP contribution in [0.2, 0.25) is 0 Å². The summed E-state index contributed by atoms with van der Waals surface area (Å²) in [6.07, 6.45) is 33.6. The number of allylic oxidation sites excluding steroid dienone is 2. The molecule has 0 aliphatic heterocycles. The van der Waals surface area contributed by atoms with E-state index in [-0.39, 0.29) is 19.4 Å². The molecule has 2 N–H and O–H groups in total. The lowest BCUT2D eigenvalue weighted by molar-refractivity contribution is -0.161. The zero-order valence-electron chi connectivity index (χ0n) is 29.0. The Balaban J connectivity index is 3.91. The molecule has 0 heterocycles. The first-order valence-corrected chi connectivity index (χ1v) is 20.0. The van der Waals surface area contributed by atoms with Crippen molar-refractivity contribution in [3.05, 3.63) is 12.2 Å². The van der Waals surface area contributed by atoms with Crippen LogP contribution in [0.4, 0.5) is 0 Å². The SMILES string of the molecule is CCCCCC/C=C/CCCCCCCCCCCC(=O)OC[C@H](COP(=O)(O)O)OC(=O)CCCCCCCCCCCC. The number of ether oxygens (including phenoxy) is 2. The number of phosphoric acid groups is 1. The number of esters is 2. The Hall–Kier alpha value is -1.21. The van der Waals surface area contributed by atoms with Crippen molar-refractivity contribution in [1.82, 2.24) is 0 Å². The van der Waals surface area contributed by atoms with Gasteiger partial charge in [-0.05, 0) is 38.5 Å². The Kier molecular flexibility index (Phi) is 31.8. The number of rotatable bonds is 34. The Bertz CT molecular complexity index is 751. The van der Waals surface area contributed by atoms with Crippen molar-refractivity contribution in [1.29, 1.82) is 0 Å². The van der Waals surface area contributed by atoms with E-state index in [1.165, 1.54) is 116 Å². The number of carbonyl (C=O) groups is 2. The van der Waals surface area contributed by atoms with Gasteiger partial charge in [-0.2, -0.15) is 0 Å². The molecule has 0 aromatic rings. The van der Waals surface area contributed by atoms with Gasteiger partial charge in [-0.25, -0.2) is 4.57 Å². The highest BCUT2D eigenvalue weighted by Crippen LogP contribution is 2.36. The summed E-state index contributed by atoms with van der Waals surface area (Å²) >= 11 is 0. The van der Waals surface area contributed by atoms with E-state index in [1.54, 1.807) is 0 Å². The Labute approximate surface area is 276 Å². The molecule has 0 aromatic carbocycles. The molecule has 0 spiro atoms. The van der Waals surface area contributed by atoms with Gasteiger partial charge in [0.2, 0.25) is 0 Å². The van der Waals surface area contributed by atoms with Crippen LogP contribution in [0.25, 0.3) is 0 Å². The second-order valence-electron chi connectivity index (χ2n) is 12.6. The summed E-state index contributed by atoms with van der Waals surface area (Å²) in [5, 5.41) is 0. The van der Waals surface area contributed by atoms with Crippen molar-refractivity contribution in [2.24, 2.45) is 0 Å². The fourth-order valence-corrected chi connectivity index (χ4v) is 5.61. The third kappa shape index (κ3) is 35.5. The van der Waals surface area contributed by atoms with Crippen molar-refractivity contribution < 1.29 is 37.9 Å². The quantitative estimate of drug-likeness (QED) is 0.0303. The zero-order chi connectivity index (χ0) is 33.3. The molecule has 0 fully saturated rings. The van der Waals surface area contributed by atoms with E-state index in [0.717, 1.165) is 38.5 Å². The number of unbranched alkanes of at least 4 members (excludes halogenated alkanes) is 22. The molecule has 0 aromatic heterocycles. The molecule has 0 saturated carbocycles. The number of carbonyl (C=O) groups excluding carboxylic acids is 2. The summed E-state index contributed by atoms with van der Waals surface area (Å²) in [5.74, 6) is -0.883. The van der Waals surface area contributed by atoms with Gasteiger partial charge in [0.15, 0.2) is 6.10 Å². The summed E-state index contributed by atoms with van der Waals surface area (Å²) in [4.78, 5) is 42.6. The van der Waals surface area contributed by atoms with Crippen LogP contribution in [0.5, 0.6) is 0 Å². The molecular weight excluding hydrogens is 591 g/mol. The van der Waals surface area contributed by atoms with E-state index in [1.807, 2.05) is 0 Å². The molecule has 0 aliphatic rings. The largest absolute Gasteiger partial charge is 0.469 e. The van der Waals surface area contributed by atoms with E-state index in [4.69, 9.17) is 19.3 Å². The highest BCUT2D eigenvalue weighted by atomic mass is 31.2. The predicted molar refractivity (Wildman–Crippen MR) is 184 cm³/mol. The van der Waals surface area contributed by atoms with Crippen molar-refractivity contribution in [2.45, 2.75) is 193 Å². The molecule has 0 radical (unpaired) electrons. The Morgan fingerprint density at radius 1 is 0.556 bits per heavy atom. The Morgan fingerprint density at radius 3 is 1.38 bits per heavy atom. The minimum Gasteiger partial charge on any atom is -0.462 e. The lowest BCUT2D eigenvalue weighted by atomic mass is 10.1. The van der Waals surface area contributed by atoms with E-state index >= 15 is 0 Å². The molecule has 0 unspecified atom stereocenters. The summed E-state index contributed by atoms with van der Waals surface area (Å²) in [7, 11) is -4.74. The van der Waals surface area contributed by atoms with Crippen LogP contribution >= 0.6 is 7.82 Å². The molecule has 0 rings (SSSR count). The highest BCUT2D eigenvalue weighted by Gasteiger charge is 2.22. The standard InChI is InChI=1S/C36H69O8P/c1-3-5-7-9-11-13-15-16-17-18-19-20-21-23-24-26-28-30-35(37)42-32-34(33-43-45(39,40)41)44-36(38)31-29-27-25-22-14-12-10-8-6-4-2/h13,15,34H,3-12,14,16-33H2,1-2H3,(H2,39,40,41)/b15-13+/t34-/m1/s1. The van der Waals surface area contributed by atoms with E-state index in [2.05, 4.69) is 30.5 Å². The van der Waals surface area contributed by atoms with Crippen LogP contribution in [-0.4, -0.2) is 41.0 Å². The molecule has 45 heavy (non-hydrogen) atoms. The summed E-state index contributed by atoms with van der Waals surface area (Å²) in [5.41, 5.74) is 0. The number of hydrogen-bond donors (Lipinski definition) is 2. The van der Waals surface area contributed by atoms with Gasteiger partial charge in [0.05, 0.1) is 6.61 Å². The minimum atomic E-state index is -4.74. The molecule has 0 aliphatic carbocycles. The smallest absolute Gasteiger partial charge is 0.462 e. The topological polar surface area (TPSA) is 119 Å². The Morgan fingerprint density at radius 2 is 0.933 bits per heavy atom. The summed E-state index contributed by atoms with van der Waals surface area (Å²) in [6, 6.07) is 0. The van der Waals surface area contributed by atoms with Crippen molar-refractivity contribution in [3.63, 3.8) is 0 Å². The van der Waals surface area contributed by atoms with Gasteiger partial charge >= 0.3 is 19.8 Å². The van der Waals surface area contributed by atoms with Crippen LogP contribution < -0.4 is 0 Å². The molecular formula is C36H69O8P. The number of phosphoric ester groups is 1. The molecule has 8 nitrogen and oxygen atoms in total. The van der Waals surface area contributed by atoms with Gasteiger partial charge in [0.25, 0.3) is 0 Å². The molecule has 1 atom stereocenters. The van der Waals surface area contributed by atoms with Gasteiger partial charge in [-0.15, -0.1) is 0 Å². The molecule has 0 amide bonds. The highest BCUT2D eigenvalue weighted by molar-refractivity contribution is 7.46. The zero-order valence-corrected chi connectivity index (χ0v) is 29.9. The van der Waals surface area contributed by atoms with Crippen LogP contribution in [0.15, 0.2) is 12.2 Å². The average Bonchev–Trinajstić information content (AvgIpc) is 3.00. The number of hydrogen-bond acceptors (Lipinski definition) is 6. The first-order chi connectivity index (χ1) is 21.8. The fourth-order valence-electron chi connectivity index (χ4n) is 5.25. The van der Waals surface area contributed by atoms with Crippen molar-refractivity contribution in [3.8, 4) is 0 Å². The van der Waals surface area contributed by atoms with E-state index in [0.29, 0.717) is 6.42 Å².